The molecule has 3 rings (SSSR count). The van der Waals surface area contributed by atoms with Crippen molar-refractivity contribution in [1.82, 2.24) is 15.1 Å². The highest BCUT2D eigenvalue weighted by Crippen LogP contribution is 2.27. The lowest BCUT2D eigenvalue weighted by Crippen LogP contribution is -2.31. The van der Waals surface area contributed by atoms with Crippen LogP contribution in [0.25, 0.3) is 10.9 Å². The zero-order chi connectivity index (χ0) is 13.4. The van der Waals surface area contributed by atoms with Crippen molar-refractivity contribution in [3.8, 4) is 0 Å². The van der Waals surface area contributed by atoms with Gasteiger partial charge in [-0.25, -0.2) is 0 Å². The van der Waals surface area contributed by atoms with Crippen molar-refractivity contribution in [2.75, 3.05) is 6.54 Å². The number of benzene rings is 1. The summed E-state index contributed by atoms with van der Waals surface area (Å²) in [6, 6.07) is 7.62. The molecule has 0 spiro atoms. The molecule has 0 bridgehead atoms. The highest BCUT2D eigenvalue weighted by molar-refractivity contribution is 5.78. The van der Waals surface area contributed by atoms with Gasteiger partial charge in [-0.15, -0.1) is 0 Å². The van der Waals surface area contributed by atoms with E-state index in [1.54, 1.807) is 0 Å². The van der Waals surface area contributed by atoms with Gasteiger partial charge in [0.2, 0.25) is 0 Å². The van der Waals surface area contributed by atoms with Crippen LogP contribution in [0.2, 0.25) is 0 Å². The zero-order valence-corrected chi connectivity index (χ0v) is 12.1. The number of fused-ring (bicyclic) bond motifs is 1. The molecule has 0 radical (unpaired) electrons. The molecule has 1 aliphatic heterocycles. The predicted molar refractivity (Wildman–Crippen MR) is 79.3 cm³/mol. The Bertz CT molecular complexity index is 562. The van der Waals surface area contributed by atoms with Crippen molar-refractivity contribution in [2.24, 2.45) is 5.92 Å². The number of rotatable bonds is 2. The summed E-state index contributed by atoms with van der Waals surface area (Å²) >= 11 is 0. The van der Waals surface area contributed by atoms with Gasteiger partial charge in [-0.2, -0.15) is 5.10 Å². The average Bonchev–Trinajstić information content (AvgIpc) is 2.82. The van der Waals surface area contributed by atoms with Crippen LogP contribution < -0.4 is 5.32 Å². The van der Waals surface area contributed by atoms with E-state index in [4.69, 9.17) is 0 Å². The van der Waals surface area contributed by atoms with Crippen LogP contribution in [-0.4, -0.2) is 16.3 Å². The molecule has 0 unspecified atom stereocenters. The summed E-state index contributed by atoms with van der Waals surface area (Å²) < 4.78 is 2.05. The molecule has 3 nitrogen and oxygen atoms in total. The Hall–Kier alpha value is -1.35. The average molecular weight is 257 g/mol. The smallest absolute Gasteiger partial charge is 0.0923 e. The fourth-order valence-corrected chi connectivity index (χ4v) is 2.83. The second-order valence-corrected chi connectivity index (χ2v) is 6.16. The van der Waals surface area contributed by atoms with Crippen LogP contribution in [0, 0.1) is 5.92 Å². The van der Waals surface area contributed by atoms with E-state index >= 15 is 0 Å². The topological polar surface area (TPSA) is 29.9 Å². The first-order valence-corrected chi connectivity index (χ1v) is 7.35. The van der Waals surface area contributed by atoms with Crippen molar-refractivity contribution in [3.05, 3.63) is 30.0 Å². The minimum atomic E-state index is 0.421. The van der Waals surface area contributed by atoms with E-state index in [2.05, 4.69) is 55.6 Å². The molecule has 1 N–H and O–H groups in total. The largest absolute Gasteiger partial charge is 0.310 e. The minimum absolute atomic E-state index is 0.421. The maximum absolute atomic E-state index is 4.61. The second-order valence-electron chi connectivity index (χ2n) is 6.16. The minimum Gasteiger partial charge on any atom is -0.310 e. The van der Waals surface area contributed by atoms with Crippen LogP contribution in [0.5, 0.6) is 0 Å². The van der Waals surface area contributed by atoms with Gasteiger partial charge in [0, 0.05) is 23.7 Å². The fraction of sp³-hybridized carbons (Fsp3) is 0.562. The first-order chi connectivity index (χ1) is 9.13. The molecule has 2 aromatic rings. The maximum Gasteiger partial charge on any atom is 0.0923 e. The summed E-state index contributed by atoms with van der Waals surface area (Å²) in [4.78, 5) is 0. The fourth-order valence-electron chi connectivity index (χ4n) is 2.83. The van der Waals surface area contributed by atoms with E-state index < -0.39 is 0 Å². The first-order valence-electron chi connectivity index (χ1n) is 7.35. The summed E-state index contributed by atoms with van der Waals surface area (Å²) in [5.74, 6) is 0.809. The Labute approximate surface area is 115 Å². The number of hydrogen-bond acceptors (Lipinski definition) is 2. The van der Waals surface area contributed by atoms with E-state index in [-0.39, 0.29) is 0 Å². The third-order valence-electron chi connectivity index (χ3n) is 4.14. The molecule has 2 atom stereocenters. The van der Waals surface area contributed by atoms with Crippen LogP contribution in [0.3, 0.4) is 0 Å². The Balaban J connectivity index is 1.88. The molecule has 3 heteroatoms. The van der Waals surface area contributed by atoms with Gasteiger partial charge in [-0.3, -0.25) is 4.68 Å². The Morgan fingerprint density at radius 1 is 1.32 bits per heavy atom. The predicted octanol–water partition coefficient (Wildman–Crippen LogP) is 3.68. The van der Waals surface area contributed by atoms with E-state index in [0.717, 1.165) is 18.0 Å². The molecule has 0 saturated carbocycles. The van der Waals surface area contributed by atoms with Crippen LogP contribution in [0.4, 0.5) is 0 Å². The van der Waals surface area contributed by atoms with Crippen molar-refractivity contribution in [2.45, 2.75) is 45.7 Å². The van der Waals surface area contributed by atoms with Gasteiger partial charge >= 0.3 is 0 Å². The summed E-state index contributed by atoms with van der Waals surface area (Å²) in [5.41, 5.74) is 2.50. The van der Waals surface area contributed by atoms with Crippen LogP contribution in [0.15, 0.2) is 24.4 Å². The first kappa shape index (κ1) is 12.7. The van der Waals surface area contributed by atoms with Crippen molar-refractivity contribution < 1.29 is 0 Å². The zero-order valence-electron chi connectivity index (χ0n) is 12.1. The molecule has 102 valence electrons. The molecule has 1 aromatic heterocycles. The van der Waals surface area contributed by atoms with E-state index in [0.29, 0.717) is 12.1 Å². The quantitative estimate of drug-likeness (QED) is 0.889. The number of nitrogens with one attached hydrogen (secondary N) is 1. The van der Waals surface area contributed by atoms with Gasteiger partial charge < -0.3 is 5.32 Å². The monoisotopic (exact) mass is 257 g/mol. The van der Waals surface area contributed by atoms with E-state index in [1.165, 1.54) is 23.8 Å². The van der Waals surface area contributed by atoms with Crippen molar-refractivity contribution in [1.29, 1.82) is 0 Å². The SMILES string of the molecule is CC(C)n1cc2cc([C@H]3CC[C@H](C)CN3)ccc2n1. The molecule has 1 saturated heterocycles. The van der Waals surface area contributed by atoms with Gasteiger partial charge in [0.25, 0.3) is 0 Å². The number of aromatic nitrogens is 2. The molecular weight excluding hydrogens is 234 g/mol. The van der Waals surface area contributed by atoms with Gasteiger partial charge in [0.05, 0.1) is 5.52 Å². The number of piperidine rings is 1. The molecule has 1 aromatic carbocycles. The standard InChI is InChI=1S/C16H23N3/c1-11(2)19-10-14-8-13(5-7-16(14)18-19)15-6-4-12(3)9-17-15/h5,7-8,10-12,15,17H,4,6,9H2,1-3H3/t12-,15+/m0/s1. The molecule has 0 aliphatic carbocycles. The third kappa shape index (κ3) is 2.52. The lowest BCUT2D eigenvalue weighted by molar-refractivity contribution is 0.333. The Morgan fingerprint density at radius 2 is 2.16 bits per heavy atom. The highest BCUT2D eigenvalue weighted by atomic mass is 15.3. The Morgan fingerprint density at radius 3 is 2.84 bits per heavy atom. The molecule has 1 fully saturated rings. The summed E-state index contributed by atoms with van der Waals surface area (Å²) in [6.45, 7) is 7.78. The van der Waals surface area contributed by atoms with Gasteiger partial charge in [0.15, 0.2) is 0 Å². The molecule has 0 amide bonds. The van der Waals surface area contributed by atoms with Gasteiger partial charge in [-0.05, 0) is 56.8 Å². The molecule has 19 heavy (non-hydrogen) atoms. The highest BCUT2D eigenvalue weighted by Gasteiger charge is 2.19. The van der Waals surface area contributed by atoms with Crippen molar-refractivity contribution in [3.63, 3.8) is 0 Å². The summed E-state index contributed by atoms with van der Waals surface area (Å²) in [6.07, 6.45) is 4.72. The van der Waals surface area contributed by atoms with Crippen LogP contribution in [-0.2, 0) is 0 Å². The third-order valence-corrected chi connectivity index (χ3v) is 4.14. The van der Waals surface area contributed by atoms with Gasteiger partial charge in [0.1, 0.15) is 0 Å². The van der Waals surface area contributed by atoms with Crippen molar-refractivity contribution >= 4 is 10.9 Å². The second kappa shape index (κ2) is 4.97. The maximum atomic E-state index is 4.61. The van der Waals surface area contributed by atoms with Crippen LogP contribution in [0.1, 0.15) is 51.3 Å². The number of hydrogen-bond donors (Lipinski definition) is 1. The van der Waals surface area contributed by atoms with Gasteiger partial charge in [-0.1, -0.05) is 13.0 Å². The lowest BCUT2D eigenvalue weighted by atomic mass is 9.92. The summed E-state index contributed by atoms with van der Waals surface area (Å²) in [7, 11) is 0. The van der Waals surface area contributed by atoms with E-state index in [9.17, 15) is 0 Å². The normalized spacial score (nSPS) is 24.2. The Kier molecular flexibility index (Phi) is 3.31. The summed E-state index contributed by atoms with van der Waals surface area (Å²) in [5, 5.41) is 9.52. The number of nitrogens with zero attached hydrogens (tertiary/aromatic N) is 2. The molecular formula is C16H23N3. The lowest BCUT2D eigenvalue weighted by Gasteiger charge is -2.28. The molecule has 2 heterocycles. The molecule has 1 aliphatic rings. The van der Waals surface area contributed by atoms with Crippen LogP contribution >= 0.6 is 0 Å². The van der Waals surface area contributed by atoms with E-state index in [1.807, 2.05) is 4.68 Å².